The van der Waals surface area contributed by atoms with Crippen molar-refractivity contribution in [3.8, 4) is 5.75 Å². The highest BCUT2D eigenvalue weighted by atomic mass is 35.5. The Morgan fingerprint density at radius 2 is 1.73 bits per heavy atom. The summed E-state index contributed by atoms with van der Waals surface area (Å²) in [7, 11) is 0. The molecule has 0 spiro atoms. The molecule has 9 heteroatoms. The first kappa shape index (κ1) is 28.3. The van der Waals surface area contributed by atoms with E-state index in [9.17, 15) is 14.7 Å². The molecule has 1 atom stereocenters. The quantitative estimate of drug-likeness (QED) is 0.226. The molecular formula is C31H31Cl2NO6. The van der Waals surface area contributed by atoms with Crippen molar-refractivity contribution < 1.29 is 28.6 Å². The molecule has 40 heavy (non-hydrogen) atoms. The second kappa shape index (κ2) is 11.7. The molecule has 0 amide bonds. The molecule has 0 saturated carbocycles. The largest absolute Gasteiger partial charge is 0.507 e. The minimum Gasteiger partial charge on any atom is -0.507 e. The topological polar surface area (TPSA) is 89.2 Å². The first-order valence-electron chi connectivity index (χ1n) is 13.5. The first-order chi connectivity index (χ1) is 19.3. The van der Waals surface area contributed by atoms with E-state index in [4.69, 9.17) is 37.1 Å². The van der Waals surface area contributed by atoms with Gasteiger partial charge in [-0.3, -0.25) is 9.69 Å². The van der Waals surface area contributed by atoms with Crippen LogP contribution in [0.15, 0.2) is 46.9 Å². The van der Waals surface area contributed by atoms with Crippen LogP contribution in [0.25, 0.3) is 21.7 Å². The molecule has 1 N–H and O–H groups in total. The monoisotopic (exact) mass is 583 g/mol. The van der Waals surface area contributed by atoms with Gasteiger partial charge in [0.25, 0.3) is 0 Å². The van der Waals surface area contributed by atoms with Gasteiger partial charge in [0.05, 0.1) is 25.2 Å². The summed E-state index contributed by atoms with van der Waals surface area (Å²) in [6.07, 6.45) is 1.15. The van der Waals surface area contributed by atoms with Gasteiger partial charge < -0.3 is 19.0 Å². The van der Waals surface area contributed by atoms with Gasteiger partial charge in [-0.25, -0.2) is 4.79 Å². The van der Waals surface area contributed by atoms with E-state index in [1.807, 2.05) is 30.3 Å². The molecule has 3 aromatic carbocycles. The number of hydrogen-bond donors (Lipinski definition) is 1. The lowest BCUT2D eigenvalue weighted by Crippen LogP contribution is -2.40. The van der Waals surface area contributed by atoms with E-state index in [2.05, 4.69) is 4.90 Å². The maximum atomic E-state index is 13.3. The number of furan rings is 1. The Morgan fingerprint density at radius 1 is 1.05 bits per heavy atom. The van der Waals surface area contributed by atoms with E-state index < -0.39 is 12.0 Å². The Labute approximate surface area is 242 Å². The Kier molecular flexibility index (Phi) is 8.26. The number of carbonyl (C=O) groups is 2. The van der Waals surface area contributed by atoms with Gasteiger partial charge in [0.1, 0.15) is 22.7 Å². The van der Waals surface area contributed by atoms with Crippen LogP contribution in [0.1, 0.15) is 60.0 Å². The highest BCUT2D eigenvalue weighted by Gasteiger charge is 2.37. The van der Waals surface area contributed by atoms with Crippen molar-refractivity contribution in [2.24, 2.45) is 5.92 Å². The van der Waals surface area contributed by atoms with Crippen LogP contribution in [0.5, 0.6) is 5.75 Å². The summed E-state index contributed by atoms with van der Waals surface area (Å²) in [6, 6.07) is 12.1. The molecular weight excluding hydrogens is 553 g/mol. The third-order valence-electron chi connectivity index (χ3n) is 7.56. The van der Waals surface area contributed by atoms with Gasteiger partial charge in [0.15, 0.2) is 0 Å². The van der Waals surface area contributed by atoms with Gasteiger partial charge >= 0.3 is 11.9 Å². The zero-order chi connectivity index (χ0) is 28.6. The van der Waals surface area contributed by atoms with Gasteiger partial charge in [-0.1, -0.05) is 53.5 Å². The summed E-state index contributed by atoms with van der Waals surface area (Å²) in [5.74, 6) is -0.523. The third-order valence-corrected chi connectivity index (χ3v) is 8.12. The van der Waals surface area contributed by atoms with Gasteiger partial charge in [-0.2, -0.15) is 0 Å². The van der Waals surface area contributed by atoms with E-state index in [-0.39, 0.29) is 29.8 Å². The van der Waals surface area contributed by atoms with Crippen LogP contribution in [0.3, 0.4) is 0 Å². The summed E-state index contributed by atoms with van der Waals surface area (Å²) in [5, 5.41) is 14.6. The van der Waals surface area contributed by atoms with E-state index in [0.717, 1.165) is 0 Å². The number of ether oxygens (including phenoxy) is 2. The third kappa shape index (κ3) is 5.02. The number of benzene rings is 3. The van der Waals surface area contributed by atoms with Crippen molar-refractivity contribution in [3.05, 3.63) is 75.0 Å². The average molecular weight is 584 g/mol. The predicted molar refractivity (Wildman–Crippen MR) is 155 cm³/mol. The number of rotatable bonds is 7. The molecule has 0 bridgehead atoms. The van der Waals surface area contributed by atoms with Crippen molar-refractivity contribution in [2.75, 3.05) is 26.3 Å². The Bertz CT molecular complexity index is 1590. The Balaban J connectivity index is 1.78. The lowest BCUT2D eigenvalue weighted by molar-refractivity contribution is -0.149. The zero-order valence-corrected chi connectivity index (χ0v) is 24.1. The van der Waals surface area contributed by atoms with Crippen LogP contribution in [0.2, 0.25) is 10.0 Å². The van der Waals surface area contributed by atoms with Crippen molar-refractivity contribution in [1.82, 2.24) is 4.90 Å². The molecule has 4 aromatic rings. The predicted octanol–water partition coefficient (Wildman–Crippen LogP) is 7.45. The zero-order valence-electron chi connectivity index (χ0n) is 22.6. The molecule has 2 heterocycles. The van der Waals surface area contributed by atoms with Gasteiger partial charge in [0, 0.05) is 31.8 Å². The molecule has 1 fully saturated rings. The number of likely N-dealkylation sites (tertiary alicyclic amines) is 1. The number of hydrogen-bond acceptors (Lipinski definition) is 7. The SMILES string of the molecule is CCOC(=O)c1c(C)oc2c1c([C@H](c1ccc(Cl)cc1Cl)N1CCC(C(=O)OCC)CC1)c(O)c1ccccc12. The summed E-state index contributed by atoms with van der Waals surface area (Å²) in [5.41, 5.74) is 1.96. The fourth-order valence-electron chi connectivity index (χ4n) is 5.77. The number of carbonyl (C=O) groups excluding carboxylic acids is 2. The molecule has 7 nitrogen and oxygen atoms in total. The number of esters is 2. The maximum absolute atomic E-state index is 13.3. The van der Waals surface area contributed by atoms with E-state index in [0.29, 0.717) is 81.2 Å². The molecule has 210 valence electrons. The Morgan fingerprint density at radius 3 is 2.38 bits per heavy atom. The van der Waals surface area contributed by atoms with Gasteiger partial charge in [-0.15, -0.1) is 0 Å². The fraction of sp³-hybridized carbons (Fsp3) is 0.355. The lowest BCUT2D eigenvalue weighted by atomic mass is 9.86. The maximum Gasteiger partial charge on any atom is 0.342 e. The molecule has 1 aliphatic heterocycles. The first-order valence-corrected chi connectivity index (χ1v) is 14.2. The van der Waals surface area contributed by atoms with Crippen LogP contribution >= 0.6 is 23.2 Å². The minimum absolute atomic E-state index is 0.0259. The van der Waals surface area contributed by atoms with Crippen LogP contribution in [-0.4, -0.2) is 48.2 Å². The average Bonchev–Trinajstić information content (AvgIpc) is 3.29. The summed E-state index contributed by atoms with van der Waals surface area (Å²) < 4.78 is 16.9. The van der Waals surface area contributed by atoms with Gasteiger partial charge in [0.2, 0.25) is 0 Å². The van der Waals surface area contributed by atoms with Crippen molar-refractivity contribution in [1.29, 1.82) is 0 Å². The second-order valence-corrected chi connectivity index (χ2v) is 10.7. The molecule has 0 radical (unpaired) electrons. The number of fused-ring (bicyclic) bond motifs is 3. The molecule has 1 aromatic heterocycles. The number of phenols is 1. The summed E-state index contributed by atoms with van der Waals surface area (Å²) >= 11 is 13.1. The molecule has 1 aliphatic rings. The van der Waals surface area contributed by atoms with Crippen LogP contribution in [0.4, 0.5) is 0 Å². The van der Waals surface area contributed by atoms with Gasteiger partial charge in [-0.05, 0) is 64.4 Å². The van der Waals surface area contributed by atoms with Crippen LogP contribution < -0.4 is 0 Å². The molecule has 5 rings (SSSR count). The highest BCUT2D eigenvalue weighted by Crippen LogP contribution is 2.49. The summed E-state index contributed by atoms with van der Waals surface area (Å²) in [4.78, 5) is 28.0. The van der Waals surface area contributed by atoms with Crippen LogP contribution in [0, 0.1) is 12.8 Å². The molecule has 0 unspecified atom stereocenters. The number of aryl methyl sites for hydroxylation is 1. The van der Waals surface area contributed by atoms with Crippen LogP contribution in [-0.2, 0) is 14.3 Å². The summed E-state index contributed by atoms with van der Waals surface area (Å²) in [6.45, 7) is 6.85. The van der Waals surface area contributed by atoms with E-state index in [1.54, 1.807) is 32.9 Å². The second-order valence-electron chi connectivity index (χ2n) is 9.90. The van der Waals surface area contributed by atoms with E-state index >= 15 is 0 Å². The number of piperidine rings is 1. The smallest absolute Gasteiger partial charge is 0.342 e. The number of nitrogens with zero attached hydrogens (tertiary/aromatic N) is 1. The standard InChI is InChI=1S/C31H31Cl2NO6/c1-4-38-30(36)18-12-14-34(15-13-18)27(22-11-10-19(32)16-23(22)33)26-25-24(31(37)39-5-2)17(3)40-29(25)21-9-7-6-8-20(21)28(26)35/h6-11,16,18,27,35H,4-5,12-15H2,1-3H3/t27-/m0/s1. The van der Waals surface area contributed by atoms with Crippen molar-refractivity contribution >= 4 is 56.9 Å². The normalized spacial score (nSPS) is 15.4. The number of halogens is 2. The van der Waals surface area contributed by atoms with Crippen molar-refractivity contribution in [2.45, 2.75) is 39.7 Å². The van der Waals surface area contributed by atoms with Crippen molar-refractivity contribution in [3.63, 3.8) is 0 Å². The number of phenolic OH excluding ortho intramolecular Hbond substituents is 1. The minimum atomic E-state index is -0.579. The Hall–Kier alpha value is -3.26. The molecule has 0 aliphatic carbocycles. The van der Waals surface area contributed by atoms with E-state index in [1.165, 1.54) is 0 Å². The number of aromatic hydroxyl groups is 1. The fourth-order valence-corrected chi connectivity index (χ4v) is 6.28. The lowest BCUT2D eigenvalue weighted by Gasteiger charge is -2.38. The highest BCUT2D eigenvalue weighted by molar-refractivity contribution is 6.35. The molecule has 1 saturated heterocycles.